The molecule has 0 saturated carbocycles. The van der Waals surface area contributed by atoms with Crippen LogP contribution in [0.3, 0.4) is 0 Å². The standard InChI is InChI=1S/C19H15N3O3/c1-13-6-7-14(10-18(13)22(24)25)12-20-21-19(23)17-9-8-15-4-2-3-5-16(15)11-17/h2-12H,1H3,(H,21,23)/b20-12-. The maximum Gasteiger partial charge on any atom is 0.272 e. The summed E-state index contributed by atoms with van der Waals surface area (Å²) in [7, 11) is 0. The number of hydrogen-bond acceptors (Lipinski definition) is 4. The first-order valence-electron chi connectivity index (χ1n) is 7.62. The number of nitro groups is 1. The molecule has 6 heteroatoms. The maximum absolute atomic E-state index is 12.2. The van der Waals surface area contributed by atoms with Gasteiger partial charge in [-0.05, 0) is 29.8 Å². The summed E-state index contributed by atoms with van der Waals surface area (Å²) < 4.78 is 0. The quantitative estimate of drug-likeness (QED) is 0.447. The van der Waals surface area contributed by atoms with Crippen molar-refractivity contribution in [2.45, 2.75) is 6.92 Å². The number of carbonyl (C=O) groups excluding carboxylic acids is 1. The predicted octanol–water partition coefficient (Wildman–Crippen LogP) is 3.82. The minimum atomic E-state index is -0.444. The van der Waals surface area contributed by atoms with Crippen LogP contribution in [0, 0.1) is 17.0 Å². The molecule has 1 amide bonds. The number of nitrogens with zero attached hydrogens (tertiary/aromatic N) is 2. The highest BCUT2D eigenvalue weighted by atomic mass is 16.6. The molecule has 3 aromatic carbocycles. The molecule has 3 rings (SSSR count). The van der Waals surface area contributed by atoms with Crippen LogP contribution < -0.4 is 5.43 Å². The minimum absolute atomic E-state index is 0.0183. The second-order valence-corrected chi connectivity index (χ2v) is 5.56. The molecule has 0 aliphatic carbocycles. The van der Waals surface area contributed by atoms with Crippen LogP contribution >= 0.6 is 0 Å². The predicted molar refractivity (Wildman–Crippen MR) is 96.8 cm³/mol. The van der Waals surface area contributed by atoms with Gasteiger partial charge < -0.3 is 0 Å². The monoisotopic (exact) mass is 333 g/mol. The van der Waals surface area contributed by atoms with E-state index in [1.54, 1.807) is 31.2 Å². The molecular formula is C19H15N3O3. The Balaban J connectivity index is 1.73. The van der Waals surface area contributed by atoms with E-state index in [9.17, 15) is 14.9 Å². The highest BCUT2D eigenvalue weighted by molar-refractivity contribution is 5.99. The first-order chi connectivity index (χ1) is 12.0. The Morgan fingerprint density at radius 3 is 2.60 bits per heavy atom. The Morgan fingerprint density at radius 2 is 1.84 bits per heavy atom. The van der Waals surface area contributed by atoms with E-state index in [1.165, 1.54) is 12.3 Å². The average Bonchev–Trinajstić information content (AvgIpc) is 2.62. The van der Waals surface area contributed by atoms with Gasteiger partial charge in [0, 0.05) is 22.8 Å². The van der Waals surface area contributed by atoms with Crippen LogP contribution in [0.1, 0.15) is 21.5 Å². The van der Waals surface area contributed by atoms with E-state index in [0.717, 1.165) is 10.8 Å². The molecule has 0 unspecified atom stereocenters. The summed E-state index contributed by atoms with van der Waals surface area (Å²) in [6.45, 7) is 1.67. The number of nitrogens with one attached hydrogen (secondary N) is 1. The van der Waals surface area contributed by atoms with E-state index >= 15 is 0 Å². The lowest BCUT2D eigenvalue weighted by atomic mass is 10.1. The molecule has 1 N–H and O–H groups in total. The van der Waals surface area contributed by atoms with E-state index in [2.05, 4.69) is 10.5 Å². The van der Waals surface area contributed by atoms with Crippen molar-refractivity contribution >= 4 is 28.6 Å². The zero-order valence-corrected chi connectivity index (χ0v) is 13.5. The number of rotatable bonds is 4. The Hall–Kier alpha value is -3.54. The van der Waals surface area contributed by atoms with Crippen molar-refractivity contribution < 1.29 is 9.72 Å². The summed E-state index contributed by atoms with van der Waals surface area (Å²) in [5.74, 6) is -0.344. The third-order valence-electron chi connectivity index (χ3n) is 3.82. The van der Waals surface area contributed by atoms with Gasteiger partial charge >= 0.3 is 0 Å². The van der Waals surface area contributed by atoms with Gasteiger partial charge in [-0.25, -0.2) is 5.43 Å². The van der Waals surface area contributed by atoms with Crippen LogP contribution in [0.2, 0.25) is 0 Å². The van der Waals surface area contributed by atoms with Crippen molar-refractivity contribution in [3.8, 4) is 0 Å². The number of benzene rings is 3. The molecule has 0 fully saturated rings. The number of hydrazone groups is 1. The molecule has 3 aromatic rings. The Labute approximate surface area is 143 Å². The fourth-order valence-corrected chi connectivity index (χ4v) is 2.46. The molecule has 0 aliphatic heterocycles. The second-order valence-electron chi connectivity index (χ2n) is 5.56. The lowest BCUT2D eigenvalue weighted by Gasteiger charge is -2.02. The fourth-order valence-electron chi connectivity index (χ4n) is 2.46. The number of fused-ring (bicyclic) bond motifs is 1. The van der Waals surface area contributed by atoms with Gasteiger partial charge in [-0.3, -0.25) is 14.9 Å². The highest BCUT2D eigenvalue weighted by Gasteiger charge is 2.10. The van der Waals surface area contributed by atoms with Crippen LogP contribution in [-0.4, -0.2) is 17.0 Å². The van der Waals surface area contributed by atoms with Gasteiger partial charge in [0.15, 0.2) is 0 Å². The summed E-state index contributed by atoms with van der Waals surface area (Å²) >= 11 is 0. The van der Waals surface area contributed by atoms with Crippen LogP contribution in [0.25, 0.3) is 10.8 Å². The van der Waals surface area contributed by atoms with Gasteiger partial charge in [-0.1, -0.05) is 42.5 Å². The van der Waals surface area contributed by atoms with E-state index in [0.29, 0.717) is 16.7 Å². The third-order valence-corrected chi connectivity index (χ3v) is 3.82. The van der Waals surface area contributed by atoms with Crippen molar-refractivity contribution in [1.29, 1.82) is 0 Å². The number of nitro benzene ring substituents is 1. The van der Waals surface area contributed by atoms with Gasteiger partial charge in [-0.15, -0.1) is 0 Å². The van der Waals surface area contributed by atoms with E-state index in [4.69, 9.17) is 0 Å². The van der Waals surface area contributed by atoms with Crippen molar-refractivity contribution in [3.05, 3.63) is 87.5 Å². The van der Waals surface area contributed by atoms with Gasteiger partial charge in [0.05, 0.1) is 11.1 Å². The first-order valence-corrected chi connectivity index (χ1v) is 7.62. The summed E-state index contributed by atoms with van der Waals surface area (Å²) in [6.07, 6.45) is 1.38. The van der Waals surface area contributed by atoms with Crippen LogP contribution in [0.4, 0.5) is 5.69 Å². The summed E-state index contributed by atoms with van der Waals surface area (Å²) in [5, 5.41) is 16.8. The van der Waals surface area contributed by atoms with Gasteiger partial charge in [0.2, 0.25) is 0 Å². The molecule has 0 atom stereocenters. The average molecular weight is 333 g/mol. The highest BCUT2D eigenvalue weighted by Crippen LogP contribution is 2.18. The molecule has 6 nitrogen and oxygen atoms in total. The molecule has 0 bridgehead atoms. The van der Waals surface area contributed by atoms with E-state index < -0.39 is 4.92 Å². The molecule has 0 radical (unpaired) electrons. The Bertz CT molecular complexity index is 996. The van der Waals surface area contributed by atoms with Gasteiger partial charge in [0.25, 0.3) is 11.6 Å². The lowest BCUT2D eigenvalue weighted by Crippen LogP contribution is -2.17. The van der Waals surface area contributed by atoms with Crippen molar-refractivity contribution in [2.24, 2.45) is 5.10 Å². The van der Waals surface area contributed by atoms with Crippen LogP contribution in [0.5, 0.6) is 0 Å². The summed E-state index contributed by atoms with van der Waals surface area (Å²) in [5.41, 5.74) is 4.06. The van der Waals surface area contributed by atoms with Crippen molar-refractivity contribution in [3.63, 3.8) is 0 Å². The number of amides is 1. The molecule has 0 aliphatic rings. The maximum atomic E-state index is 12.2. The number of carbonyl (C=O) groups is 1. The first kappa shape index (κ1) is 16.3. The molecule has 0 aromatic heterocycles. The molecule has 25 heavy (non-hydrogen) atoms. The minimum Gasteiger partial charge on any atom is -0.267 e. The number of aryl methyl sites for hydroxylation is 1. The molecule has 0 spiro atoms. The van der Waals surface area contributed by atoms with E-state index in [-0.39, 0.29) is 11.6 Å². The topological polar surface area (TPSA) is 84.6 Å². The molecular weight excluding hydrogens is 318 g/mol. The molecule has 0 heterocycles. The van der Waals surface area contributed by atoms with E-state index in [1.807, 2.05) is 30.3 Å². The SMILES string of the molecule is Cc1ccc(/C=N\NC(=O)c2ccc3ccccc3c2)cc1[N+](=O)[O-]. The molecule has 0 saturated heterocycles. The zero-order valence-electron chi connectivity index (χ0n) is 13.5. The van der Waals surface area contributed by atoms with Crippen molar-refractivity contribution in [2.75, 3.05) is 0 Å². The normalized spacial score (nSPS) is 10.9. The smallest absolute Gasteiger partial charge is 0.267 e. The largest absolute Gasteiger partial charge is 0.272 e. The van der Waals surface area contributed by atoms with Gasteiger partial charge in [-0.2, -0.15) is 5.10 Å². The summed E-state index contributed by atoms with van der Waals surface area (Å²) in [6, 6.07) is 17.9. The lowest BCUT2D eigenvalue weighted by molar-refractivity contribution is -0.385. The Morgan fingerprint density at radius 1 is 1.08 bits per heavy atom. The second kappa shape index (κ2) is 6.92. The third kappa shape index (κ3) is 3.69. The van der Waals surface area contributed by atoms with Crippen molar-refractivity contribution in [1.82, 2.24) is 5.43 Å². The van der Waals surface area contributed by atoms with Crippen LogP contribution in [0.15, 0.2) is 65.8 Å². The number of hydrogen-bond donors (Lipinski definition) is 1. The zero-order chi connectivity index (χ0) is 17.8. The fraction of sp³-hybridized carbons (Fsp3) is 0.0526. The summed E-state index contributed by atoms with van der Waals surface area (Å²) in [4.78, 5) is 22.7. The molecule has 124 valence electrons. The van der Waals surface area contributed by atoms with Crippen LogP contribution in [-0.2, 0) is 0 Å². The van der Waals surface area contributed by atoms with Gasteiger partial charge in [0.1, 0.15) is 0 Å². The Kier molecular flexibility index (Phi) is 4.52.